The standard InChI is InChI=1S/C23H25NO5/c1-16(23(26)24-14-13-17-7-4-5-8-19(17)15-24)29-21(25)12-11-18-9-6-10-20(27-2)22(18)28-3/h4-12,16H,13-15H2,1-3H3/b12-11+/t16-/m1/s1. The number of rotatable bonds is 6. The van der Waals surface area contributed by atoms with E-state index in [0.717, 1.165) is 12.0 Å². The number of hydrogen-bond acceptors (Lipinski definition) is 5. The largest absolute Gasteiger partial charge is 0.493 e. The van der Waals surface area contributed by atoms with Gasteiger partial charge < -0.3 is 19.1 Å². The van der Waals surface area contributed by atoms with Gasteiger partial charge in [-0.05, 0) is 36.6 Å². The molecule has 6 heteroatoms. The van der Waals surface area contributed by atoms with Gasteiger partial charge in [0.05, 0.1) is 14.2 Å². The third-order valence-electron chi connectivity index (χ3n) is 4.92. The summed E-state index contributed by atoms with van der Waals surface area (Å²) >= 11 is 0. The molecule has 0 saturated heterocycles. The Morgan fingerprint density at radius 2 is 1.79 bits per heavy atom. The van der Waals surface area contributed by atoms with Gasteiger partial charge in [0.2, 0.25) is 0 Å². The molecule has 152 valence electrons. The monoisotopic (exact) mass is 395 g/mol. The van der Waals surface area contributed by atoms with Crippen molar-refractivity contribution in [1.29, 1.82) is 0 Å². The third kappa shape index (κ3) is 4.77. The molecule has 0 saturated carbocycles. The molecule has 0 spiro atoms. The maximum Gasteiger partial charge on any atom is 0.331 e. The van der Waals surface area contributed by atoms with Gasteiger partial charge in [-0.3, -0.25) is 4.79 Å². The van der Waals surface area contributed by atoms with Crippen molar-refractivity contribution in [3.63, 3.8) is 0 Å². The minimum absolute atomic E-state index is 0.194. The van der Waals surface area contributed by atoms with Crippen LogP contribution in [0.5, 0.6) is 11.5 Å². The van der Waals surface area contributed by atoms with Crippen LogP contribution < -0.4 is 9.47 Å². The van der Waals surface area contributed by atoms with Gasteiger partial charge in [-0.15, -0.1) is 0 Å². The first-order valence-corrected chi connectivity index (χ1v) is 9.48. The number of hydrogen-bond donors (Lipinski definition) is 0. The summed E-state index contributed by atoms with van der Waals surface area (Å²) < 4.78 is 15.9. The second-order valence-corrected chi connectivity index (χ2v) is 6.77. The summed E-state index contributed by atoms with van der Waals surface area (Å²) in [5.74, 6) is 0.306. The van der Waals surface area contributed by atoms with Crippen molar-refractivity contribution in [2.75, 3.05) is 20.8 Å². The van der Waals surface area contributed by atoms with Gasteiger partial charge in [0.25, 0.3) is 5.91 Å². The molecule has 0 fully saturated rings. The maximum absolute atomic E-state index is 12.7. The first kappa shape index (κ1) is 20.5. The number of fused-ring (bicyclic) bond motifs is 1. The summed E-state index contributed by atoms with van der Waals surface area (Å²) in [6.07, 6.45) is 2.81. The van der Waals surface area contributed by atoms with E-state index in [0.29, 0.717) is 30.2 Å². The molecule has 0 aromatic heterocycles. The van der Waals surface area contributed by atoms with Crippen LogP contribution in [-0.4, -0.2) is 43.6 Å². The molecule has 0 unspecified atom stereocenters. The number of amides is 1. The summed E-state index contributed by atoms with van der Waals surface area (Å²) in [5, 5.41) is 0. The lowest BCUT2D eigenvalue weighted by Gasteiger charge is -2.30. The fourth-order valence-corrected chi connectivity index (χ4v) is 3.41. The van der Waals surface area contributed by atoms with E-state index in [1.54, 1.807) is 43.2 Å². The van der Waals surface area contributed by atoms with Crippen molar-refractivity contribution < 1.29 is 23.8 Å². The highest BCUT2D eigenvalue weighted by Gasteiger charge is 2.26. The first-order valence-electron chi connectivity index (χ1n) is 9.48. The zero-order chi connectivity index (χ0) is 20.8. The fourth-order valence-electron chi connectivity index (χ4n) is 3.41. The van der Waals surface area contributed by atoms with Crippen LogP contribution in [0.3, 0.4) is 0 Å². The minimum atomic E-state index is -0.857. The normalized spacial score (nSPS) is 14.2. The zero-order valence-corrected chi connectivity index (χ0v) is 16.9. The second kappa shape index (κ2) is 9.28. The first-order chi connectivity index (χ1) is 14.0. The van der Waals surface area contributed by atoms with Crippen LogP contribution in [0.25, 0.3) is 6.08 Å². The summed E-state index contributed by atoms with van der Waals surface area (Å²) in [6.45, 7) is 2.75. The van der Waals surface area contributed by atoms with Crippen LogP contribution in [-0.2, 0) is 27.3 Å². The lowest BCUT2D eigenvalue weighted by molar-refractivity contribution is -0.155. The Labute approximate surface area is 170 Å². The van der Waals surface area contributed by atoms with E-state index >= 15 is 0 Å². The molecular formula is C23H25NO5. The predicted molar refractivity (Wildman–Crippen MR) is 110 cm³/mol. The molecule has 2 aromatic rings. The van der Waals surface area contributed by atoms with Crippen molar-refractivity contribution in [3.8, 4) is 11.5 Å². The molecule has 3 rings (SSSR count). The lowest BCUT2D eigenvalue weighted by atomic mass is 9.99. The van der Waals surface area contributed by atoms with Crippen molar-refractivity contribution in [3.05, 3.63) is 65.2 Å². The van der Waals surface area contributed by atoms with E-state index in [9.17, 15) is 9.59 Å². The molecule has 0 radical (unpaired) electrons. The molecule has 0 bridgehead atoms. The summed E-state index contributed by atoms with van der Waals surface area (Å²) in [7, 11) is 3.08. The molecule has 1 aliphatic rings. The van der Waals surface area contributed by atoms with Gasteiger partial charge in [0.1, 0.15) is 0 Å². The van der Waals surface area contributed by atoms with Crippen molar-refractivity contribution in [2.45, 2.75) is 26.0 Å². The predicted octanol–water partition coefficient (Wildman–Crippen LogP) is 3.23. The maximum atomic E-state index is 12.7. The van der Waals surface area contributed by atoms with Crippen molar-refractivity contribution in [1.82, 2.24) is 4.90 Å². The second-order valence-electron chi connectivity index (χ2n) is 6.77. The van der Waals surface area contributed by atoms with E-state index in [1.807, 2.05) is 18.2 Å². The number of benzene rings is 2. The smallest absolute Gasteiger partial charge is 0.331 e. The molecule has 0 aliphatic carbocycles. The van der Waals surface area contributed by atoms with E-state index in [2.05, 4.69) is 6.07 Å². The van der Waals surface area contributed by atoms with E-state index in [-0.39, 0.29) is 5.91 Å². The Bertz CT molecular complexity index is 921. The molecule has 1 aliphatic heterocycles. The Hall–Kier alpha value is -3.28. The third-order valence-corrected chi connectivity index (χ3v) is 4.92. The minimum Gasteiger partial charge on any atom is -0.493 e. The number of carbonyl (C=O) groups excluding carboxylic acids is 2. The van der Waals surface area contributed by atoms with Gasteiger partial charge in [-0.25, -0.2) is 4.79 Å². The van der Waals surface area contributed by atoms with Crippen molar-refractivity contribution >= 4 is 18.0 Å². The van der Waals surface area contributed by atoms with E-state index in [4.69, 9.17) is 14.2 Å². The summed E-state index contributed by atoms with van der Waals surface area (Å²) in [4.78, 5) is 26.6. The number of nitrogens with zero attached hydrogens (tertiary/aromatic N) is 1. The van der Waals surface area contributed by atoms with Crippen LogP contribution in [0.4, 0.5) is 0 Å². The van der Waals surface area contributed by atoms with E-state index in [1.165, 1.54) is 18.7 Å². The quantitative estimate of drug-likeness (QED) is 0.555. The highest BCUT2D eigenvalue weighted by Crippen LogP contribution is 2.31. The summed E-state index contributed by atoms with van der Waals surface area (Å²) in [5.41, 5.74) is 3.07. The molecular weight excluding hydrogens is 370 g/mol. The van der Waals surface area contributed by atoms with Gasteiger partial charge in [0, 0.05) is 24.7 Å². The lowest BCUT2D eigenvalue weighted by Crippen LogP contribution is -2.42. The van der Waals surface area contributed by atoms with Gasteiger partial charge in [0.15, 0.2) is 17.6 Å². The van der Waals surface area contributed by atoms with Gasteiger partial charge in [-0.1, -0.05) is 36.4 Å². The molecule has 2 aromatic carbocycles. The Morgan fingerprint density at radius 3 is 2.52 bits per heavy atom. The summed E-state index contributed by atoms with van der Waals surface area (Å²) in [6, 6.07) is 13.4. The van der Waals surface area contributed by atoms with Crippen LogP contribution in [0.2, 0.25) is 0 Å². The highest BCUT2D eigenvalue weighted by molar-refractivity contribution is 5.91. The molecule has 1 atom stereocenters. The number of ether oxygens (including phenoxy) is 3. The number of para-hydroxylation sites is 1. The van der Waals surface area contributed by atoms with Gasteiger partial charge in [-0.2, -0.15) is 0 Å². The number of methoxy groups -OCH3 is 2. The Kier molecular flexibility index (Phi) is 6.54. The topological polar surface area (TPSA) is 65.1 Å². The van der Waals surface area contributed by atoms with Gasteiger partial charge >= 0.3 is 5.97 Å². The van der Waals surface area contributed by atoms with Crippen LogP contribution in [0, 0.1) is 0 Å². The average Bonchev–Trinajstić information content (AvgIpc) is 2.76. The fraction of sp³-hybridized carbons (Fsp3) is 0.304. The zero-order valence-electron chi connectivity index (χ0n) is 16.9. The Morgan fingerprint density at radius 1 is 1.03 bits per heavy atom. The molecule has 0 N–H and O–H groups in total. The van der Waals surface area contributed by atoms with Crippen molar-refractivity contribution in [2.24, 2.45) is 0 Å². The number of esters is 1. The van der Waals surface area contributed by atoms with E-state index < -0.39 is 12.1 Å². The molecule has 6 nitrogen and oxygen atoms in total. The van der Waals surface area contributed by atoms with Crippen LogP contribution in [0.15, 0.2) is 48.5 Å². The van der Waals surface area contributed by atoms with Crippen LogP contribution in [0.1, 0.15) is 23.6 Å². The molecule has 29 heavy (non-hydrogen) atoms. The van der Waals surface area contributed by atoms with Crippen LogP contribution >= 0.6 is 0 Å². The Balaban J connectivity index is 1.61. The number of carbonyl (C=O) groups is 2. The molecule has 1 heterocycles. The average molecular weight is 395 g/mol. The highest BCUT2D eigenvalue weighted by atomic mass is 16.5. The molecule has 1 amide bonds. The SMILES string of the molecule is COc1cccc(/C=C/C(=O)O[C@H](C)C(=O)N2CCc3ccccc3C2)c1OC.